The Bertz CT molecular complexity index is 1290. The second-order valence-corrected chi connectivity index (χ2v) is 10.1. The van der Waals surface area contributed by atoms with Gasteiger partial charge in [0, 0.05) is 24.1 Å². The number of ether oxygens (including phenoxy) is 1. The molecule has 1 atom stereocenters. The predicted octanol–water partition coefficient (Wildman–Crippen LogP) is 6.47. The maximum absolute atomic E-state index is 13.8. The zero-order valence-corrected chi connectivity index (χ0v) is 20.8. The Kier molecular flexibility index (Phi) is 6.65. The van der Waals surface area contributed by atoms with E-state index in [1.54, 1.807) is 32.9 Å². The van der Waals surface area contributed by atoms with E-state index >= 15 is 0 Å². The van der Waals surface area contributed by atoms with Crippen LogP contribution in [0.15, 0.2) is 42.5 Å². The molecule has 0 fully saturated rings. The monoisotopic (exact) mass is 479 g/mol. The minimum atomic E-state index is -0.731. The fraction of sp³-hybridized carbons (Fsp3) is 0.370. The first kappa shape index (κ1) is 24.2. The average Bonchev–Trinajstić information content (AvgIpc) is 3.36. The molecule has 4 rings (SSSR count). The van der Waals surface area contributed by atoms with Gasteiger partial charge < -0.3 is 10.1 Å². The van der Waals surface area contributed by atoms with E-state index in [9.17, 15) is 9.59 Å². The highest BCUT2D eigenvalue weighted by molar-refractivity contribution is 6.37. The third-order valence-electron chi connectivity index (χ3n) is 5.91. The molecule has 1 aliphatic heterocycles. The van der Waals surface area contributed by atoms with E-state index in [2.05, 4.69) is 5.32 Å². The van der Waals surface area contributed by atoms with Crippen molar-refractivity contribution in [2.75, 3.05) is 0 Å². The smallest absolute Gasteiger partial charge is 0.419 e. The Labute approximate surface area is 204 Å². The van der Waals surface area contributed by atoms with Crippen LogP contribution in [0.1, 0.15) is 73.8 Å². The number of carbonyl (C=O) groups is 2. The van der Waals surface area contributed by atoms with Crippen LogP contribution in [-0.2, 0) is 17.7 Å². The number of nitrogens with zero attached hydrogens (tertiary/aromatic N) is 1. The lowest BCUT2D eigenvalue weighted by Crippen LogP contribution is -2.31. The standard InChI is InChI=1S/C27H30ClN3O3/c1-5-8-18(29)13-16-11-12-21-20(23(16)28)14-22(31(21)26(33)34-27(2,3)4)25(32)24-19-10-7-6-9-17(19)15-30-24/h6-7,9-12,14,24,29-30H,5,8,13,15H2,1-4H3. The van der Waals surface area contributed by atoms with Crippen molar-refractivity contribution in [3.63, 3.8) is 0 Å². The van der Waals surface area contributed by atoms with Crippen LogP contribution in [0, 0.1) is 5.41 Å². The third-order valence-corrected chi connectivity index (χ3v) is 6.36. The van der Waals surface area contributed by atoms with Gasteiger partial charge in [0.05, 0.1) is 22.3 Å². The highest BCUT2D eigenvalue weighted by Gasteiger charge is 2.33. The maximum atomic E-state index is 13.8. The van der Waals surface area contributed by atoms with Crippen LogP contribution in [0.3, 0.4) is 0 Å². The molecular formula is C27H30ClN3O3. The van der Waals surface area contributed by atoms with Gasteiger partial charge in [-0.2, -0.15) is 0 Å². The summed E-state index contributed by atoms with van der Waals surface area (Å²) in [5.41, 5.74) is 3.38. The second-order valence-electron chi connectivity index (χ2n) is 9.72. The molecule has 0 saturated carbocycles. The summed E-state index contributed by atoms with van der Waals surface area (Å²) >= 11 is 6.77. The minimum absolute atomic E-state index is 0.219. The highest BCUT2D eigenvalue weighted by Crippen LogP contribution is 2.35. The molecule has 7 heteroatoms. The molecule has 1 aromatic heterocycles. The van der Waals surface area contributed by atoms with Crippen LogP contribution in [-0.4, -0.2) is 27.8 Å². The fourth-order valence-electron chi connectivity index (χ4n) is 4.41. The van der Waals surface area contributed by atoms with Gasteiger partial charge in [0.2, 0.25) is 5.78 Å². The summed E-state index contributed by atoms with van der Waals surface area (Å²) in [6.45, 7) is 7.99. The number of rotatable bonds is 6. The molecule has 6 nitrogen and oxygen atoms in total. The molecular weight excluding hydrogens is 450 g/mol. The molecule has 1 aliphatic rings. The van der Waals surface area contributed by atoms with Crippen molar-refractivity contribution in [3.05, 3.63) is 69.9 Å². The number of benzene rings is 2. The largest absolute Gasteiger partial charge is 0.443 e. The Balaban J connectivity index is 1.83. The van der Waals surface area contributed by atoms with Crippen molar-refractivity contribution in [1.82, 2.24) is 9.88 Å². The molecule has 1 unspecified atom stereocenters. The lowest BCUT2D eigenvalue weighted by atomic mass is 10.00. The number of aromatic nitrogens is 1. The number of fused-ring (bicyclic) bond motifs is 2. The highest BCUT2D eigenvalue weighted by atomic mass is 35.5. The number of Topliss-reactive ketones (excluding diaryl/α,β-unsaturated/α-hetero) is 1. The molecule has 3 aromatic rings. The van der Waals surface area contributed by atoms with E-state index in [0.717, 1.165) is 23.1 Å². The van der Waals surface area contributed by atoms with Gasteiger partial charge in [-0.3, -0.25) is 10.1 Å². The van der Waals surface area contributed by atoms with Gasteiger partial charge in [0.15, 0.2) is 0 Å². The number of hydrogen-bond acceptors (Lipinski definition) is 5. The van der Waals surface area contributed by atoms with Crippen molar-refractivity contribution in [2.45, 2.75) is 65.1 Å². The van der Waals surface area contributed by atoms with E-state index in [4.69, 9.17) is 21.7 Å². The molecule has 178 valence electrons. The van der Waals surface area contributed by atoms with Gasteiger partial charge in [-0.05, 0) is 56.0 Å². The average molecular weight is 480 g/mol. The zero-order valence-electron chi connectivity index (χ0n) is 20.0. The number of carbonyl (C=O) groups excluding carboxylic acids is 2. The second kappa shape index (κ2) is 9.35. The maximum Gasteiger partial charge on any atom is 0.419 e. The quantitative estimate of drug-likeness (QED) is 0.313. The van der Waals surface area contributed by atoms with Crippen molar-refractivity contribution >= 4 is 40.1 Å². The van der Waals surface area contributed by atoms with E-state index < -0.39 is 17.7 Å². The van der Waals surface area contributed by atoms with Crippen molar-refractivity contribution in [3.8, 4) is 0 Å². The zero-order chi connectivity index (χ0) is 24.6. The van der Waals surface area contributed by atoms with Crippen LogP contribution >= 0.6 is 11.6 Å². The first-order chi connectivity index (χ1) is 16.1. The Hall–Kier alpha value is -2.96. The molecule has 2 N–H and O–H groups in total. The Morgan fingerprint density at radius 3 is 2.65 bits per heavy atom. The van der Waals surface area contributed by atoms with Gasteiger partial charge in [0.25, 0.3) is 0 Å². The summed E-state index contributed by atoms with van der Waals surface area (Å²) in [7, 11) is 0. The molecule has 0 saturated heterocycles. The molecule has 0 bridgehead atoms. The van der Waals surface area contributed by atoms with Gasteiger partial charge >= 0.3 is 6.09 Å². The summed E-state index contributed by atoms with van der Waals surface area (Å²) in [4.78, 5) is 27.0. The topological polar surface area (TPSA) is 84.2 Å². The van der Waals surface area contributed by atoms with E-state index in [1.807, 2.05) is 37.3 Å². The predicted molar refractivity (Wildman–Crippen MR) is 135 cm³/mol. The lowest BCUT2D eigenvalue weighted by Gasteiger charge is -2.21. The first-order valence-electron chi connectivity index (χ1n) is 11.6. The molecule has 0 spiro atoms. The van der Waals surface area contributed by atoms with Gasteiger partial charge in [-0.1, -0.05) is 55.3 Å². The van der Waals surface area contributed by atoms with E-state index in [0.29, 0.717) is 41.0 Å². The number of halogens is 1. The molecule has 0 aliphatic carbocycles. The lowest BCUT2D eigenvalue weighted by molar-refractivity contribution is 0.0534. The van der Waals surface area contributed by atoms with Crippen LogP contribution in [0.25, 0.3) is 10.9 Å². The summed E-state index contributed by atoms with van der Waals surface area (Å²) in [5, 5.41) is 12.5. The normalized spacial score (nSPS) is 15.4. The van der Waals surface area contributed by atoms with Crippen LogP contribution in [0.5, 0.6) is 0 Å². The van der Waals surface area contributed by atoms with E-state index in [1.165, 1.54) is 4.57 Å². The van der Waals surface area contributed by atoms with Crippen LogP contribution in [0.2, 0.25) is 5.02 Å². The number of ketones is 1. The van der Waals surface area contributed by atoms with Crippen molar-refractivity contribution in [1.29, 1.82) is 5.41 Å². The molecule has 0 radical (unpaired) electrons. The molecule has 0 amide bonds. The molecule has 34 heavy (non-hydrogen) atoms. The van der Waals surface area contributed by atoms with Crippen molar-refractivity contribution in [2.24, 2.45) is 0 Å². The number of hydrogen-bond donors (Lipinski definition) is 2. The van der Waals surface area contributed by atoms with Gasteiger partial charge in [-0.25, -0.2) is 9.36 Å². The Morgan fingerprint density at radius 2 is 1.94 bits per heavy atom. The Morgan fingerprint density at radius 1 is 1.21 bits per heavy atom. The molecule has 2 heterocycles. The fourth-order valence-corrected chi connectivity index (χ4v) is 4.70. The van der Waals surface area contributed by atoms with Gasteiger partial charge in [0.1, 0.15) is 5.60 Å². The van der Waals surface area contributed by atoms with Crippen LogP contribution < -0.4 is 5.32 Å². The summed E-state index contributed by atoms with van der Waals surface area (Å²) in [6, 6.07) is 12.5. The van der Waals surface area contributed by atoms with Gasteiger partial charge in [-0.15, -0.1) is 0 Å². The minimum Gasteiger partial charge on any atom is -0.443 e. The van der Waals surface area contributed by atoms with Crippen molar-refractivity contribution < 1.29 is 14.3 Å². The van der Waals surface area contributed by atoms with Crippen LogP contribution in [0.4, 0.5) is 4.79 Å². The number of nitrogens with one attached hydrogen (secondary N) is 2. The summed E-state index contributed by atoms with van der Waals surface area (Å²) in [5.74, 6) is -0.219. The summed E-state index contributed by atoms with van der Waals surface area (Å²) < 4.78 is 6.99. The third kappa shape index (κ3) is 4.65. The van der Waals surface area contributed by atoms with E-state index in [-0.39, 0.29) is 11.5 Å². The summed E-state index contributed by atoms with van der Waals surface area (Å²) in [6.07, 6.45) is 1.40. The first-order valence-corrected chi connectivity index (χ1v) is 12.0. The molecule has 2 aromatic carbocycles. The SMILES string of the molecule is CCCC(=N)Cc1ccc2c(cc(C(=O)C3NCc4ccccc43)n2C(=O)OC(C)(C)C)c1Cl.